The Hall–Kier alpha value is -1.85. The van der Waals surface area contributed by atoms with Crippen molar-refractivity contribution in [2.24, 2.45) is 5.41 Å². The number of nitrogens with one attached hydrogen (secondary N) is 2. The van der Waals surface area contributed by atoms with Crippen LogP contribution in [-0.2, 0) is 9.53 Å². The van der Waals surface area contributed by atoms with Gasteiger partial charge in [0.1, 0.15) is 12.4 Å². The molecule has 1 fully saturated rings. The summed E-state index contributed by atoms with van der Waals surface area (Å²) in [6.45, 7) is 3.58. The highest BCUT2D eigenvalue weighted by molar-refractivity contribution is 5.99. The van der Waals surface area contributed by atoms with E-state index in [1.807, 2.05) is 30.3 Å². The molecule has 1 aromatic rings. The van der Waals surface area contributed by atoms with Crippen molar-refractivity contribution in [1.82, 2.24) is 10.6 Å². The molecule has 5 heteroatoms. The molecule has 124 valence electrons. The van der Waals surface area contributed by atoms with Crippen molar-refractivity contribution in [3.05, 3.63) is 35.4 Å². The molecule has 2 aliphatic heterocycles. The number of fused-ring (bicyclic) bond motifs is 1. The van der Waals surface area contributed by atoms with E-state index in [0.29, 0.717) is 25.3 Å². The molecule has 3 rings (SSSR count). The van der Waals surface area contributed by atoms with E-state index >= 15 is 0 Å². The summed E-state index contributed by atoms with van der Waals surface area (Å²) in [4.78, 5) is 12.5. The lowest BCUT2D eigenvalue weighted by Crippen LogP contribution is -2.47. The van der Waals surface area contributed by atoms with Crippen molar-refractivity contribution in [2.45, 2.75) is 12.8 Å². The number of amides is 1. The molecule has 2 heterocycles. The summed E-state index contributed by atoms with van der Waals surface area (Å²) in [7, 11) is 1.72. The van der Waals surface area contributed by atoms with E-state index in [4.69, 9.17) is 9.47 Å². The Bertz CT molecular complexity index is 586. The van der Waals surface area contributed by atoms with Crippen LogP contribution in [0.15, 0.2) is 29.8 Å². The number of ether oxygens (including phenoxy) is 2. The predicted molar refractivity (Wildman–Crippen MR) is 89.3 cm³/mol. The van der Waals surface area contributed by atoms with Crippen LogP contribution in [0.3, 0.4) is 0 Å². The van der Waals surface area contributed by atoms with Gasteiger partial charge in [0.05, 0.1) is 12.2 Å². The zero-order valence-electron chi connectivity index (χ0n) is 13.6. The monoisotopic (exact) mass is 316 g/mol. The van der Waals surface area contributed by atoms with Crippen LogP contribution in [-0.4, -0.2) is 45.9 Å². The van der Waals surface area contributed by atoms with Crippen molar-refractivity contribution in [2.75, 3.05) is 40.0 Å². The lowest BCUT2D eigenvalue weighted by molar-refractivity contribution is -0.118. The van der Waals surface area contributed by atoms with Crippen LogP contribution >= 0.6 is 0 Å². The fourth-order valence-electron chi connectivity index (χ4n) is 3.26. The minimum absolute atomic E-state index is 0.0314. The van der Waals surface area contributed by atoms with Gasteiger partial charge >= 0.3 is 0 Å². The maximum atomic E-state index is 12.5. The summed E-state index contributed by atoms with van der Waals surface area (Å²) in [5.41, 5.74) is 1.66. The Balaban J connectivity index is 1.64. The molecular formula is C18H24N2O3. The van der Waals surface area contributed by atoms with Gasteiger partial charge in [-0.1, -0.05) is 18.2 Å². The molecule has 0 atom stereocenters. The number of hydrogen-bond acceptors (Lipinski definition) is 4. The zero-order chi connectivity index (χ0) is 16.1. The number of benzene rings is 1. The maximum Gasteiger partial charge on any atom is 0.250 e. The summed E-state index contributed by atoms with van der Waals surface area (Å²) in [5, 5.41) is 6.44. The first-order valence-corrected chi connectivity index (χ1v) is 8.13. The Morgan fingerprint density at radius 1 is 1.35 bits per heavy atom. The number of piperidine rings is 1. The minimum atomic E-state index is -0.0477. The average Bonchev–Trinajstić information content (AvgIpc) is 2.60. The number of methoxy groups -OCH3 is 1. The SMILES string of the molecule is COCC1(CNC(=O)C2=Cc3ccccc3OC2)CCNCC1. The quantitative estimate of drug-likeness (QED) is 0.866. The van der Waals surface area contributed by atoms with Crippen LogP contribution in [0.4, 0.5) is 0 Å². The van der Waals surface area contributed by atoms with Gasteiger partial charge < -0.3 is 20.1 Å². The number of hydrogen-bond donors (Lipinski definition) is 2. The van der Waals surface area contributed by atoms with E-state index in [0.717, 1.165) is 37.2 Å². The molecule has 0 radical (unpaired) electrons. The third-order valence-corrected chi connectivity index (χ3v) is 4.66. The van der Waals surface area contributed by atoms with E-state index in [9.17, 15) is 4.79 Å². The maximum absolute atomic E-state index is 12.5. The molecule has 0 saturated carbocycles. The van der Waals surface area contributed by atoms with Crippen molar-refractivity contribution >= 4 is 12.0 Å². The van der Waals surface area contributed by atoms with Crippen LogP contribution in [0.5, 0.6) is 5.75 Å². The van der Waals surface area contributed by atoms with E-state index in [1.54, 1.807) is 7.11 Å². The summed E-state index contributed by atoms with van der Waals surface area (Å²) in [6, 6.07) is 7.76. The lowest BCUT2D eigenvalue weighted by Gasteiger charge is -2.37. The van der Waals surface area contributed by atoms with Crippen LogP contribution in [0.25, 0.3) is 6.08 Å². The largest absolute Gasteiger partial charge is 0.488 e. The number of rotatable bonds is 5. The van der Waals surface area contributed by atoms with Crippen LogP contribution in [0, 0.1) is 5.41 Å². The number of carbonyl (C=O) groups excluding carboxylic acids is 1. The Labute approximate surface area is 137 Å². The van der Waals surface area contributed by atoms with Gasteiger partial charge in [0.25, 0.3) is 5.91 Å². The van der Waals surface area contributed by atoms with Crippen LogP contribution < -0.4 is 15.4 Å². The molecule has 1 amide bonds. The molecule has 0 aliphatic carbocycles. The van der Waals surface area contributed by atoms with Crippen molar-refractivity contribution in [3.8, 4) is 5.75 Å². The summed E-state index contributed by atoms with van der Waals surface area (Å²) in [5.74, 6) is 0.784. The minimum Gasteiger partial charge on any atom is -0.488 e. The summed E-state index contributed by atoms with van der Waals surface area (Å²) < 4.78 is 11.0. The Morgan fingerprint density at radius 3 is 2.91 bits per heavy atom. The second kappa shape index (κ2) is 7.15. The molecule has 2 N–H and O–H groups in total. The van der Waals surface area contributed by atoms with Crippen LogP contribution in [0.1, 0.15) is 18.4 Å². The molecule has 0 aromatic heterocycles. The molecule has 1 saturated heterocycles. The second-order valence-electron chi connectivity index (χ2n) is 6.36. The van der Waals surface area contributed by atoms with Gasteiger partial charge in [0.15, 0.2) is 0 Å². The number of para-hydroxylation sites is 1. The molecule has 1 aromatic carbocycles. The molecule has 0 bridgehead atoms. The van der Waals surface area contributed by atoms with E-state index in [1.165, 1.54) is 0 Å². The van der Waals surface area contributed by atoms with Gasteiger partial charge in [0.2, 0.25) is 0 Å². The first-order chi connectivity index (χ1) is 11.2. The second-order valence-corrected chi connectivity index (χ2v) is 6.36. The normalized spacial score (nSPS) is 19.3. The van der Waals surface area contributed by atoms with Crippen molar-refractivity contribution < 1.29 is 14.3 Å². The average molecular weight is 316 g/mol. The first-order valence-electron chi connectivity index (χ1n) is 8.13. The highest BCUT2D eigenvalue weighted by Gasteiger charge is 2.33. The molecular weight excluding hydrogens is 292 g/mol. The molecule has 5 nitrogen and oxygen atoms in total. The molecule has 2 aliphatic rings. The number of carbonyl (C=O) groups is 1. The smallest absolute Gasteiger partial charge is 0.250 e. The van der Waals surface area contributed by atoms with Gasteiger partial charge in [-0.15, -0.1) is 0 Å². The third-order valence-electron chi connectivity index (χ3n) is 4.66. The molecule has 0 spiro atoms. The van der Waals surface area contributed by atoms with Gasteiger partial charge in [0, 0.05) is 24.6 Å². The van der Waals surface area contributed by atoms with Gasteiger partial charge in [-0.3, -0.25) is 4.79 Å². The highest BCUT2D eigenvalue weighted by Crippen LogP contribution is 2.29. The Morgan fingerprint density at radius 2 is 2.13 bits per heavy atom. The van der Waals surface area contributed by atoms with Gasteiger partial charge in [-0.05, 0) is 38.1 Å². The Kier molecular flexibility index (Phi) is 4.98. The third kappa shape index (κ3) is 3.74. The van der Waals surface area contributed by atoms with E-state index in [-0.39, 0.29) is 11.3 Å². The predicted octanol–water partition coefficient (Wildman–Crippen LogP) is 1.59. The standard InChI is InChI=1S/C18H24N2O3/c1-22-13-18(6-8-19-9-7-18)12-20-17(21)15-10-14-4-2-3-5-16(14)23-11-15/h2-5,10,19H,6-9,11-13H2,1H3,(H,20,21). The molecule has 23 heavy (non-hydrogen) atoms. The lowest BCUT2D eigenvalue weighted by atomic mass is 9.79. The fraction of sp³-hybridized carbons (Fsp3) is 0.500. The summed E-state index contributed by atoms with van der Waals surface area (Å²) in [6.07, 6.45) is 3.94. The topological polar surface area (TPSA) is 59.6 Å². The molecule has 0 unspecified atom stereocenters. The van der Waals surface area contributed by atoms with Gasteiger partial charge in [-0.2, -0.15) is 0 Å². The summed E-state index contributed by atoms with van der Waals surface area (Å²) >= 11 is 0. The first kappa shape index (κ1) is 16.0. The van der Waals surface area contributed by atoms with E-state index in [2.05, 4.69) is 10.6 Å². The van der Waals surface area contributed by atoms with E-state index < -0.39 is 0 Å². The van der Waals surface area contributed by atoms with Crippen molar-refractivity contribution in [1.29, 1.82) is 0 Å². The van der Waals surface area contributed by atoms with Crippen LogP contribution in [0.2, 0.25) is 0 Å². The fourth-order valence-corrected chi connectivity index (χ4v) is 3.26. The van der Waals surface area contributed by atoms with Gasteiger partial charge in [-0.25, -0.2) is 0 Å². The zero-order valence-corrected chi connectivity index (χ0v) is 13.6. The highest BCUT2D eigenvalue weighted by atomic mass is 16.5. The van der Waals surface area contributed by atoms with Crippen molar-refractivity contribution in [3.63, 3.8) is 0 Å².